The van der Waals surface area contributed by atoms with Crippen LogP contribution in [0, 0.1) is 0 Å². The third-order valence-electron chi connectivity index (χ3n) is 4.29. The summed E-state index contributed by atoms with van der Waals surface area (Å²) in [4.78, 5) is 13.9. The Balaban J connectivity index is 2.14. The number of rotatable bonds is 2. The molecule has 23 heavy (non-hydrogen) atoms. The van der Waals surface area contributed by atoms with Crippen LogP contribution in [0.15, 0.2) is 18.2 Å². The molecule has 2 rings (SSSR count). The number of carbonyl (C=O) groups is 1. The number of piperidine rings is 1. The predicted molar refractivity (Wildman–Crippen MR) is 94.2 cm³/mol. The van der Waals surface area contributed by atoms with E-state index in [1.165, 1.54) is 0 Å². The molecule has 0 aliphatic carbocycles. The van der Waals surface area contributed by atoms with E-state index >= 15 is 0 Å². The average Bonchev–Trinajstić information content (AvgIpc) is 2.48. The predicted octanol–water partition coefficient (Wildman–Crippen LogP) is 4.22. The summed E-state index contributed by atoms with van der Waals surface area (Å²) >= 11 is 12.5. The fourth-order valence-corrected chi connectivity index (χ4v) is 3.44. The highest BCUT2D eigenvalue weighted by Crippen LogP contribution is 2.41. The smallest absolute Gasteiger partial charge is 0.410 e. The van der Waals surface area contributed by atoms with Crippen LogP contribution >= 0.6 is 23.2 Å². The van der Waals surface area contributed by atoms with E-state index in [4.69, 9.17) is 33.7 Å². The summed E-state index contributed by atoms with van der Waals surface area (Å²) in [7, 11) is 0. The standard InChI is InChI=1S/C17H24Cl2N2O2/c1-16(2,3)23-15(22)21-9-7-17(11-20,8-10-21)12-5-4-6-13(18)14(12)19/h4-6H,7-11,20H2,1-3H3. The molecule has 1 aromatic carbocycles. The van der Waals surface area contributed by atoms with Crippen molar-refractivity contribution in [2.75, 3.05) is 19.6 Å². The maximum absolute atomic E-state index is 12.2. The lowest BCUT2D eigenvalue weighted by molar-refractivity contribution is 0.0167. The van der Waals surface area contributed by atoms with E-state index in [9.17, 15) is 4.79 Å². The molecular weight excluding hydrogens is 335 g/mol. The van der Waals surface area contributed by atoms with Gasteiger partial charge in [0.2, 0.25) is 0 Å². The van der Waals surface area contributed by atoms with Crippen LogP contribution in [0.5, 0.6) is 0 Å². The number of ether oxygens (including phenoxy) is 1. The summed E-state index contributed by atoms with van der Waals surface area (Å²) < 4.78 is 5.44. The zero-order chi connectivity index (χ0) is 17.3. The number of nitrogens with zero attached hydrogens (tertiary/aromatic N) is 1. The van der Waals surface area contributed by atoms with Gasteiger partial charge in [0.1, 0.15) is 5.60 Å². The largest absolute Gasteiger partial charge is 0.444 e. The molecule has 0 unspecified atom stereocenters. The first kappa shape index (κ1) is 18.4. The van der Waals surface area contributed by atoms with E-state index < -0.39 is 5.60 Å². The van der Waals surface area contributed by atoms with Gasteiger partial charge in [-0.15, -0.1) is 0 Å². The highest BCUT2D eigenvalue weighted by molar-refractivity contribution is 6.42. The molecule has 0 aromatic heterocycles. The van der Waals surface area contributed by atoms with Crippen molar-refractivity contribution in [3.05, 3.63) is 33.8 Å². The van der Waals surface area contributed by atoms with Crippen LogP contribution in [0.1, 0.15) is 39.2 Å². The lowest BCUT2D eigenvalue weighted by atomic mass is 9.73. The molecule has 128 valence electrons. The zero-order valence-electron chi connectivity index (χ0n) is 13.9. The minimum absolute atomic E-state index is 0.250. The molecule has 0 spiro atoms. The van der Waals surface area contributed by atoms with Gasteiger partial charge in [-0.25, -0.2) is 4.79 Å². The second-order valence-electron chi connectivity index (χ2n) is 7.05. The number of nitrogens with two attached hydrogens (primary N) is 1. The first-order chi connectivity index (χ1) is 10.7. The maximum atomic E-state index is 12.2. The summed E-state index contributed by atoms with van der Waals surface area (Å²) in [5.41, 5.74) is 6.31. The van der Waals surface area contributed by atoms with Crippen molar-refractivity contribution < 1.29 is 9.53 Å². The van der Waals surface area contributed by atoms with Gasteiger partial charge in [-0.2, -0.15) is 0 Å². The summed E-state index contributed by atoms with van der Waals surface area (Å²) in [5, 5.41) is 1.09. The number of likely N-dealkylation sites (tertiary alicyclic amines) is 1. The maximum Gasteiger partial charge on any atom is 0.410 e. The van der Waals surface area contributed by atoms with Gasteiger partial charge in [-0.1, -0.05) is 35.3 Å². The molecule has 0 saturated carbocycles. The lowest BCUT2D eigenvalue weighted by Gasteiger charge is -2.42. The van der Waals surface area contributed by atoms with E-state index in [1.807, 2.05) is 32.9 Å². The quantitative estimate of drug-likeness (QED) is 0.860. The van der Waals surface area contributed by atoms with Crippen molar-refractivity contribution in [2.45, 2.75) is 44.6 Å². The van der Waals surface area contributed by atoms with Gasteiger partial charge in [0.25, 0.3) is 0 Å². The van der Waals surface area contributed by atoms with Gasteiger partial charge >= 0.3 is 6.09 Å². The Labute approximate surface area is 147 Å². The molecule has 0 bridgehead atoms. The summed E-state index contributed by atoms with van der Waals surface area (Å²) in [6, 6.07) is 5.64. The monoisotopic (exact) mass is 358 g/mol. The van der Waals surface area contributed by atoms with Crippen molar-refractivity contribution in [2.24, 2.45) is 5.73 Å². The molecular formula is C17H24Cl2N2O2. The third-order valence-corrected chi connectivity index (χ3v) is 5.10. The van der Waals surface area contributed by atoms with Crippen LogP contribution in [-0.4, -0.2) is 36.2 Å². The number of amides is 1. The van der Waals surface area contributed by atoms with Crippen molar-refractivity contribution in [1.82, 2.24) is 4.90 Å². The first-order valence-electron chi connectivity index (χ1n) is 7.81. The molecule has 6 heteroatoms. The molecule has 0 atom stereocenters. The first-order valence-corrected chi connectivity index (χ1v) is 8.57. The Morgan fingerprint density at radius 2 is 1.91 bits per heavy atom. The Morgan fingerprint density at radius 3 is 2.43 bits per heavy atom. The van der Waals surface area contributed by atoms with Crippen LogP contribution in [0.4, 0.5) is 4.79 Å². The molecule has 1 fully saturated rings. The van der Waals surface area contributed by atoms with E-state index in [0.717, 1.165) is 18.4 Å². The Morgan fingerprint density at radius 1 is 1.30 bits per heavy atom. The SMILES string of the molecule is CC(C)(C)OC(=O)N1CCC(CN)(c2cccc(Cl)c2Cl)CC1. The van der Waals surface area contributed by atoms with Crippen molar-refractivity contribution in [3.63, 3.8) is 0 Å². The third kappa shape index (κ3) is 4.11. The minimum Gasteiger partial charge on any atom is -0.444 e. The normalized spacial score (nSPS) is 17.9. The number of carbonyl (C=O) groups excluding carboxylic acids is 1. The van der Waals surface area contributed by atoms with Crippen LogP contribution in [0.3, 0.4) is 0 Å². The molecule has 1 aliphatic rings. The van der Waals surface area contributed by atoms with Crippen molar-refractivity contribution in [1.29, 1.82) is 0 Å². The number of benzene rings is 1. The lowest BCUT2D eigenvalue weighted by Crippen LogP contribution is -2.49. The Hall–Kier alpha value is -0.970. The van der Waals surface area contributed by atoms with E-state index in [1.54, 1.807) is 11.0 Å². The molecule has 1 heterocycles. The summed E-state index contributed by atoms with van der Waals surface area (Å²) in [6.45, 7) is 7.25. The second kappa shape index (κ2) is 6.88. The molecule has 0 radical (unpaired) electrons. The van der Waals surface area contributed by atoms with Gasteiger partial charge in [-0.3, -0.25) is 0 Å². The van der Waals surface area contributed by atoms with Gasteiger partial charge in [0.15, 0.2) is 0 Å². The fourth-order valence-electron chi connectivity index (χ4n) is 2.94. The Bertz CT molecular complexity index is 576. The number of halogens is 2. The average molecular weight is 359 g/mol. The minimum atomic E-state index is -0.490. The van der Waals surface area contributed by atoms with E-state index in [0.29, 0.717) is 29.7 Å². The highest BCUT2D eigenvalue weighted by atomic mass is 35.5. The van der Waals surface area contributed by atoms with Crippen molar-refractivity contribution >= 4 is 29.3 Å². The Kier molecular flexibility index (Phi) is 5.49. The molecule has 1 saturated heterocycles. The van der Waals surface area contributed by atoms with Gasteiger partial charge in [0.05, 0.1) is 10.0 Å². The summed E-state index contributed by atoms with van der Waals surface area (Å²) in [6.07, 6.45) is 1.20. The zero-order valence-corrected chi connectivity index (χ0v) is 15.4. The van der Waals surface area contributed by atoms with Gasteiger partial charge in [0, 0.05) is 25.0 Å². The van der Waals surface area contributed by atoms with Gasteiger partial charge < -0.3 is 15.4 Å². The fraction of sp³-hybridized carbons (Fsp3) is 0.588. The van der Waals surface area contributed by atoms with Crippen LogP contribution in [0.25, 0.3) is 0 Å². The highest BCUT2D eigenvalue weighted by Gasteiger charge is 2.39. The van der Waals surface area contributed by atoms with Gasteiger partial charge in [-0.05, 0) is 45.2 Å². The second-order valence-corrected chi connectivity index (χ2v) is 7.84. The number of hydrogen-bond donors (Lipinski definition) is 1. The van der Waals surface area contributed by atoms with Crippen LogP contribution in [0.2, 0.25) is 10.0 Å². The molecule has 1 amide bonds. The van der Waals surface area contributed by atoms with E-state index in [2.05, 4.69) is 0 Å². The molecule has 1 aliphatic heterocycles. The molecule has 4 nitrogen and oxygen atoms in total. The molecule has 2 N–H and O–H groups in total. The topological polar surface area (TPSA) is 55.6 Å². The molecule has 1 aromatic rings. The van der Waals surface area contributed by atoms with Crippen LogP contribution in [-0.2, 0) is 10.2 Å². The van der Waals surface area contributed by atoms with Crippen molar-refractivity contribution in [3.8, 4) is 0 Å². The van der Waals surface area contributed by atoms with Crippen LogP contribution < -0.4 is 5.73 Å². The number of hydrogen-bond acceptors (Lipinski definition) is 3. The van der Waals surface area contributed by atoms with E-state index in [-0.39, 0.29) is 11.5 Å². The summed E-state index contributed by atoms with van der Waals surface area (Å²) in [5.74, 6) is 0.